The number of aliphatic hydroxyl groups excluding tert-OH is 1. The Balaban J connectivity index is 1.99. The molecule has 1 saturated carbocycles. The minimum Gasteiger partial charge on any atom is -0.389 e. The quantitative estimate of drug-likeness (QED) is 0.899. The second kappa shape index (κ2) is 6.07. The summed E-state index contributed by atoms with van der Waals surface area (Å²) in [6.07, 6.45) is 7.32. The molecule has 1 heterocycles. The smallest absolute Gasteiger partial charge is 0.0992 e. The third-order valence-electron chi connectivity index (χ3n) is 5.16. The van der Waals surface area contributed by atoms with E-state index in [1.165, 1.54) is 38.5 Å². The molecule has 1 aromatic carbocycles. The SMILES string of the molecule is C[C@H](O)c1ccc(C#N)cc1N1CCC[C@H]2CCCC[C@H]21. The minimum absolute atomic E-state index is 0.489. The molecule has 0 spiro atoms. The van der Waals surface area contributed by atoms with Gasteiger partial charge in [-0.2, -0.15) is 5.26 Å². The van der Waals surface area contributed by atoms with Crippen LogP contribution in [0.25, 0.3) is 0 Å². The molecule has 1 aromatic rings. The van der Waals surface area contributed by atoms with E-state index in [4.69, 9.17) is 0 Å². The van der Waals surface area contributed by atoms with Crippen LogP contribution in [0, 0.1) is 17.2 Å². The fourth-order valence-electron chi connectivity index (χ4n) is 4.14. The number of hydrogen-bond acceptors (Lipinski definition) is 3. The molecule has 3 atom stereocenters. The standard InChI is InChI=1S/C18H24N2O/c1-13(21)16-9-8-14(12-19)11-18(16)20-10-4-6-15-5-2-3-7-17(15)20/h8-9,11,13,15,17,21H,2-7,10H2,1H3/t13-,15+,17+/m0/s1. The Labute approximate surface area is 127 Å². The molecule has 0 bridgehead atoms. The van der Waals surface area contributed by atoms with Crippen LogP contribution in [-0.4, -0.2) is 17.7 Å². The fourth-order valence-corrected chi connectivity index (χ4v) is 4.14. The van der Waals surface area contributed by atoms with Crippen molar-refractivity contribution in [2.75, 3.05) is 11.4 Å². The third kappa shape index (κ3) is 2.78. The van der Waals surface area contributed by atoms with E-state index in [0.717, 1.165) is 23.7 Å². The van der Waals surface area contributed by atoms with Crippen LogP contribution in [0.3, 0.4) is 0 Å². The first-order chi connectivity index (χ1) is 10.2. The number of aliphatic hydroxyl groups is 1. The monoisotopic (exact) mass is 284 g/mol. The van der Waals surface area contributed by atoms with Gasteiger partial charge in [0, 0.05) is 23.8 Å². The Kier molecular flexibility index (Phi) is 4.17. The van der Waals surface area contributed by atoms with Crippen LogP contribution < -0.4 is 4.90 Å². The van der Waals surface area contributed by atoms with Gasteiger partial charge in [-0.05, 0) is 50.7 Å². The zero-order valence-electron chi connectivity index (χ0n) is 12.8. The van der Waals surface area contributed by atoms with Crippen molar-refractivity contribution in [3.05, 3.63) is 29.3 Å². The van der Waals surface area contributed by atoms with Gasteiger partial charge in [0.05, 0.1) is 17.7 Å². The van der Waals surface area contributed by atoms with Gasteiger partial charge in [-0.3, -0.25) is 0 Å². The average Bonchev–Trinajstić information content (AvgIpc) is 2.53. The van der Waals surface area contributed by atoms with Crippen molar-refractivity contribution in [3.8, 4) is 6.07 Å². The van der Waals surface area contributed by atoms with Gasteiger partial charge in [-0.15, -0.1) is 0 Å². The van der Waals surface area contributed by atoms with Crippen LogP contribution in [0.2, 0.25) is 0 Å². The van der Waals surface area contributed by atoms with Crippen LogP contribution in [0.4, 0.5) is 5.69 Å². The van der Waals surface area contributed by atoms with E-state index in [-0.39, 0.29) is 0 Å². The van der Waals surface area contributed by atoms with Gasteiger partial charge in [0.15, 0.2) is 0 Å². The average molecular weight is 284 g/mol. The van der Waals surface area contributed by atoms with Crippen molar-refractivity contribution in [2.45, 2.75) is 57.6 Å². The van der Waals surface area contributed by atoms with Crippen LogP contribution in [0.5, 0.6) is 0 Å². The van der Waals surface area contributed by atoms with E-state index >= 15 is 0 Å². The predicted molar refractivity (Wildman–Crippen MR) is 84.1 cm³/mol. The molecule has 112 valence electrons. The van der Waals surface area contributed by atoms with Gasteiger partial charge >= 0.3 is 0 Å². The molecule has 0 unspecified atom stereocenters. The van der Waals surface area contributed by atoms with E-state index in [9.17, 15) is 10.4 Å². The van der Waals surface area contributed by atoms with Gasteiger partial charge in [-0.1, -0.05) is 18.9 Å². The number of benzene rings is 1. The maximum absolute atomic E-state index is 10.1. The van der Waals surface area contributed by atoms with Gasteiger partial charge < -0.3 is 10.0 Å². The molecule has 2 fully saturated rings. The molecule has 3 nitrogen and oxygen atoms in total. The van der Waals surface area contributed by atoms with Crippen molar-refractivity contribution >= 4 is 5.69 Å². The number of piperidine rings is 1. The van der Waals surface area contributed by atoms with Crippen LogP contribution >= 0.6 is 0 Å². The first-order valence-electron chi connectivity index (χ1n) is 8.19. The number of rotatable bonds is 2. The normalized spacial score (nSPS) is 26.8. The van der Waals surface area contributed by atoms with Gasteiger partial charge in [0.2, 0.25) is 0 Å². The molecule has 0 amide bonds. The van der Waals surface area contributed by atoms with Crippen molar-refractivity contribution in [1.82, 2.24) is 0 Å². The van der Waals surface area contributed by atoms with E-state index < -0.39 is 6.10 Å². The highest BCUT2D eigenvalue weighted by Crippen LogP contribution is 2.40. The van der Waals surface area contributed by atoms with Crippen LogP contribution in [0.15, 0.2) is 18.2 Å². The molecular formula is C18H24N2O. The van der Waals surface area contributed by atoms with Crippen molar-refractivity contribution in [1.29, 1.82) is 5.26 Å². The minimum atomic E-state index is -0.489. The summed E-state index contributed by atoms with van der Waals surface area (Å²) in [7, 11) is 0. The molecule has 1 aliphatic heterocycles. The van der Waals surface area contributed by atoms with Crippen molar-refractivity contribution in [2.24, 2.45) is 5.92 Å². The van der Waals surface area contributed by atoms with E-state index in [0.29, 0.717) is 11.6 Å². The van der Waals surface area contributed by atoms with E-state index in [1.807, 2.05) is 25.1 Å². The topological polar surface area (TPSA) is 47.3 Å². The molecule has 1 saturated heterocycles. The molecule has 2 aliphatic rings. The van der Waals surface area contributed by atoms with E-state index in [1.54, 1.807) is 0 Å². The fraction of sp³-hybridized carbons (Fsp3) is 0.611. The third-order valence-corrected chi connectivity index (χ3v) is 5.16. The summed E-state index contributed by atoms with van der Waals surface area (Å²) in [5, 5.41) is 19.3. The van der Waals surface area contributed by atoms with Crippen LogP contribution in [0.1, 0.15) is 62.7 Å². The van der Waals surface area contributed by atoms with Crippen LogP contribution in [-0.2, 0) is 0 Å². The zero-order valence-corrected chi connectivity index (χ0v) is 12.8. The highest BCUT2D eigenvalue weighted by atomic mass is 16.3. The molecule has 0 aromatic heterocycles. The predicted octanol–water partition coefficient (Wildman–Crippen LogP) is 3.77. The summed E-state index contributed by atoms with van der Waals surface area (Å²) >= 11 is 0. The lowest BCUT2D eigenvalue weighted by Gasteiger charge is -2.46. The molecule has 3 rings (SSSR count). The number of anilines is 1. The molecule has 3 heteroatoms. The Morgan fingerprint density at radius 1 is 1.24 bits per heavy atom. The highest BCUT2D eigenvalue weighted by Gasteiger charge is 2.34. The zero-order chi connectivity index (χ0) is 14.8. The maximum atomic E-state index is 10.1. The number of fused-ring (bicyclic) bond motifs is 1. The van der Waals surface area contributed by atoms with Gasteiger partial charge in [0.1, 0.15) is 0 Å². The molecule has 0 radical (unpaired) electrons. The summed E-state index contributed by atoms with van der Waals surface area (Å²) in [5.74, 6) is 0.792. The van der Waals surface area contributed by atoms with Crippen molar-refractivity contribution < 1.29 is 5.11 Å². The Bertz CT molecular complexity index is 545. The summed E-state index contributed by atoms with van der Waals surface area (Å²) in [4.78, 5) is 2.48. The first-order valence-corrected chi connectivity index (χ1v) is 8.19. The Morgan fingerprint density at radius 2 is 2.00 bits per heavy atom. The molecule has 1 aliphatic carbocycles. The van der Waals surface area contributed by atoms with Gasteiger partial charge in [-0.25, -0.2) is 0 Å². The first kappa shape index (κ1) is 14.4. The second-order valence-electron chi connectivity index (χ2n) is 6.51. The summed E-state index contributed by atoms with van der Waals surface area (Å²) in [6.45, 7) is 2.86. The van der Waals surface area contributed by atoms with Gasteiger partial charge in [0.25, 0.3) is 0 Å². The number of hydrogen-bond donors (Lipinski definition) is 1. The molecular weight excluding hydrogens is 260 g/mol. The lowest BCUT2D eigenvalue weighted by atomic mass is 9.78. The largest absolute Gasteiger partial charge is 0.389 e. The molecule has 1 N–H and O–H groups in total. The lowest BCUT2D eigenvalue weighted by molar-refractivity contribution is 0.197. The number of nitriles is 1. The lowest BCUT2D eigenvalue weighted by Crippen LogP contribution is -2.47. The Morgan fingerprint density at radius 3 is 2.76 bits per heavy atom. The second-order valence-corrected chi connectivity index (χ2v) is 6.51. The number of nitrogens with zero attached hydrogens (tertiary/aromatic N) is 2. The highest BCUT2D eigenvalue weighted by molar-refractivity contribution is 5.59. The van der Waals surface area contributed by atoms with E-state index in [2.05, 4.69) is 11.0 Å². The summed E-state index contributed by atoms with van der Waals surface area (Å²) in [6, 6.07) is 8.54. The Hall–Kier alpha value is -1.53. The van der Waals surface area contributed by atoms with Crippen molar-refractivity contribution in [3.63, 3.8) is 0 Å². The maximum Gasteiger partial charge on any atom is 0.0992 e. The summed E-state index contributed by atoms with van der Waals surface area (Å²) < 4.78 is 0. The molecule has 21 heavy (non-hydrogen) atoms. The summed E-state index contributed by atoms with van der Waals surface area (Å²) in [5.41, 5.74) is 2.73.